The van der Waals surface area contributed by atoms with Crippen molar-refractivity contribution in [3.8, 4) is 0 Å². The number of carbonyl (C=O) groups is 5. The fourth-order valence-corrected chi connectivity index (χ4v) is 2.43. The predicted molar refractivity (Wildman–Crippen MR) is 91.4 cm³/mol. The Bertz CT molecular complexity index is 964. The summed E-state index contributed by atoms with van der Waals surface area (Å²) in [6.45, 7) is 0. The van der Waals surface area contributed by atoms with E-state index in [0.29, 0.717) is 6.07 Å². The first-order chi connectivity index (χ1) is 12.2. The van der Waals surface area contributed by atoms with E-state index in [-0.39, 0.29) is 18.0 Å². The van der Waals surface area contributed by atoms with Gasteiger partial charge in [0.1, 0.15) is 0 Å². The summed E-state index contributed by atoms with van der Waals surface area (Å²) in [7, 11) is 0. The molecule has 0 spiro atoms. The molecule has 4 N–H and O–H groups in total. The van der Waals surface area contributed by atoms with Crippen LogP contribution < -0.4 is 0 Å². The van der Waals surface area contributed by atoms with Crippen LogP contribution in [0, 0.1) is 0 Å². The SMILES string of the molecule is Cl.O=C(O)c1cc(C(=O)c2ccccc2)c(C(=O)O)c(C(=O)O)c1C(=O)O. The average molecular weight is 395 g/mol. The monoisotopic (exact) mass is 394 g/mol. The van der Waals surface area contributed by atoms with Crippen LogP contribution in [0.4, 0.5) is 0 Å². The average Bonchev–Trinajstić information content (AvgIpc) is 2.59. The second-order valence-electron chi connectivity index (χ2n) is 5.01. The molecule has 0 aromatic heterocycles. The van der Waals surface area contributed by atoms with Crippen molar-refractivity contribution in [3.05, 3.63) is 69.8 Å². The number of benzene rings is 2. The van der Waals surface area contributed by atoms with E-state index in [2.05, 4.69) is 0 Å². The number of halogens is 1. The van der Waals surface area contributed by atoms with Crippen LogP contribution in [-0.4, -0.2) is 50.1 Å². The quantitative estimate of drug-likeness (QED) is 0.536. The maximum atomic E-state index is 12.6. The molecule has 2 aromatic carbocycles. The normalized spacial score (nSPS) is 9.78. The van der Waals surface area contributed by atoms with Gasteiger partial charge < -0.3 is 20.4 Å². The van der Waals surface area contributed by atoms with Crippen LogP contribution in [0.2, 0.25) is 0 Å². The van der Waals surface area contributed by atoms with Crippen molar-refractivity contribution in [2.24, 2.45) is 0 Å². The van der Waals surface area contributed by atoms with Crippen LogP contribution in [0.3, 0.4) is 0 Å². The molecule has 0 aliphatic carbocycles. The Morgan fingerprint density at radius 3 is 1.44 bits per heavy atom. The van der Waals surface area contributed by atoms with E-state index in [1.54, 1.807) is 6.07 Å². The van der Waals surface area contributed by atoms with E-state index in [9.17, 15) is 44.4 Å². The number of hydrogen-bond donors (Lipinski definition) is 4. The van der Waals surface area contributed by atoms with Crippen LogP contribution in [0.1, 0.15) is 57.4 Å². The lowest BCUT2D eigenvalue weighted by atomic mass is 9.88. The van der Waals surface area contributed by atoms with Crippen LogP contribution in [0.5, 0.6) is 0 Å². The van der Waals surface area contributed by atoms with Gasteiger partial charge in [-0.25, -0.2) is 19.2 Å². The highest BCUT2D eigenvalue weighted by Crippen LogP contribution is 2.27. The maximum Gasteiger partial charge on any atom is 0.337 e. The summed E-state index contributed by atoms with van der Waals surface area (Å²) < 4.78 is 0. The highest BCUT2D eigenvalue weighted by Gasteiger charge is 2.34. The molecule has 0 unspecified atom stereocenters. The van der Waals surface area contributed by atoms with Gasteiger partial charge >= 0.3 is 23.9 Å². The predicted octanol–water partition coefficient (Wildman–Crippen LogP) is 2.13. The van der Waals surface area contributed by atoms with Crippen LogP contribution in [0.15, 0.2) is 36.4 Å². The van der Waals surface area contributed by atoms with Gasteiger partial charge in [-0.05, 0) is 6.07 Å². The van der Waals surface area contributed by atoms with Gasteiger partial charge in [-0.2, -0.15) is 0 Å². The number of carbonyl (C=O) groups excluding carboxylic acids is 1. The molecule has 9 nitrogen and oxygen atoms in total. The van der Waals surface area contributed by atoms with Crippen molar-refractivity contribution in [2.45, 2.75) is 0 Å². The van der Waals surface area contributed by atoms with E-state index in [1.807, 2.05) is 0 Å². The van der Waals surface area contributed by atoms with Crippen molar-refractivity contribution in [1.29, 1.82) is 0 Å². The number of aromatic carboxylic acids is 4. The minimum absolute atomic E-state index is 0. The first-order valence-corrected chi connectivity index (χ1v) is 6.90. The molecule has 27 heavy (non-hydrogen) atoms. The third-order valence-corrected chi connectivity index (χ3v) is 3.48. The third-order valence-electron chi connectivity index (χ3n) is 3.48. The Morgan fingerprint density at radius 1 is 0.593 bits per heavy atom. The first kappa shape index (κ1) is 21.3. The van der Waals surface area contributed by atoms with Gasteiger partial charge in [-0.1, -0.05) is 30.3 Å². The fraction of sp³-hybridized carbons (Fsp3) is 0. The summed E-state index contributed by atoms with van der Waals surface area (Å²) >= 11 is 0. The van der Waals surface area contributed by atoms with Gasteiger partial charge in [0.25, 0.3) is 0 Å². The molecule has 0 aliphatic heterocycles. The van der Waals surface area contributed by atoms with E-state index < -0.39 is 57.5 Å². The molecule has 0 aliphatic rings. The summed E-state index contributed by atoms with van der Waals surface area (Å²) in [6, 6.07) is 7.72. The van der Waals surface area contributed by atoms with Crippen molar-refractivity contribution in [3.63, 3.8) is 0 Å². The Balaban J connectivity index is 0.00000364. The zero-order valence-corrected chi connectivity index (χ0v) is 14.0. The molecule has 2 rings (SSSR count). The smallest absolute Gasteiger partial charge is 0.337 e. The lowest BCUT2D eigenvalue weighted by molar-refractivity contribution is 0.0618. The van der Waals surface area contributed by atoms with Crippen molar-refractivity contribution in [2.75, 3.05) is 0 Å². The summed E-state index contributed by atoms with van der Waals surface area (Å²) in [5.74, 6) is -8.57. The molecule has 0 saturated carbocycles. The molecule has 140 valence electrons. The lowest BCUT2D eigenvalue weighted by Gasteiger charge is -2.14. The molecular formula is C17H11ClO9. The molecule has 0 bridgehead atoms. The van der Waals surface area contributed by atoms with Gasteiger partial charge in [0.05, 0.1) is 22.3 Å². The molecule has 10 heteroatoms. The van der Waals surface area contributed by atoms with Gasteiger partial charge in [0.15, 0.2) is 5.78 Å². The molecule has 0 atom stereocenters. The van der Waals surface area contributed by atoms with Gasteiger partial charge in [-0.15, -0.1) is 12.4 Å². The van der Waals surface area contributed by atoms with Crippen LogP contribution in [0.25, 0.3) is 0 Å². The van der Waals surface area contributed by atoms with Gasteiger partial charge in [0, 0.05) is 11.1 Å². The zero-order valence-electron chi connectivity index (χ0n) is 13.2. The Morgan fingerprint density at radius 2 is 1.04 bits per heavy atom. The standard InChI is InChI=1S/C17H10O9.ClH/c18-13(7-4-2-1-3-5-7)8-6-9(14(19)20)11(16(23)24)12(17(25)26)10(8)15(21)22;/h1-6H,(H,19,20)(H,21,22)(H,23,24)(H,25,26);1H. The van der Waals surface area contributed by atoms with Gasteiger partial charge in [-0.3, -0.25) is 4.79 Å². The largest absolute Gasteiger partial charge is 0.478 e. The fourth-order valence-electron chi connectivity index (χ4n) is 2.43. The summed E-state index contributed by atoms with van der Waals surface area (Å²) in [4.78, 5) is 58.4. The minimum atomic E-state index is -1.98. The second-order valence-corrected chi connectivity index (χ2v) is 5.01. The zero-order chi connectivity index (χ0) is 19.6. The minimum Gasteiger partial charge on any atom is -0.478 e. The molecule has 0 radical (unpaired) electrons. The van der Waals surface area contributed by atoms with Gasteiger partial charge in [0.2, 0.25) is 0 Å². The van der Waals surface area contributed by atoms with E-state index in [4.69, 9.17) is 0 Å². The molecule has 0 fully saturated rings. The number of carboxylic acids is 4. The maximum absolute atomic E-state index is 12.6. The molecule has 0 saturated heterocycles. The van der Waals surface area contributed by atoms with Crippen molar-refractivity contribution < 1.29 is 44.4 Å². The highest BCUT2D eigenvalue weighted by molar-refractivity contribution is 6.21. The molecular weight excluding hydrogens is 384 g/mol. The number of hydrogen-bond acceptors (Lipinski definition) is 5. The lowest BCUT2D eigenvalue weighted by Crippen LogP contribution is -2.23. The Kier molecular flexibility index (Phi) is 6.40. The van der Waals surface area contributed by atoms with Crippen molar-refractivity contribution in [1.82, 2.24) is 0 Å². The van der Waals surface area contributed by atoms with E-state index >= 15 is 0 Å². The molecule has 2 aromatic rings. The number of ketones is 1. The first-order valence-electron chi connectivity index (χ1n) is 6.90. The van der Waals surface area contributed by atoms with E-state index in [1.165, 1.54) is 24.3 Å². The second kappa shape index (κ2) is 8.11. The summed E-state index contributed by atoms with van der Waals surface area (Å²) in [5, 5.41) is 37.1. The topological polar surface area (TPSA) is 166 Å². The Labute approximate surface area is 156 Å². The molecule has 0 heterocycles. The van der Waals surface area contributed by atoms with Crippen LogP contribution in [-0.2, 0) is 0 Å². The number of rotatable bonds is 6. The highest BCUT2D eigenvalue weighted by atomic mass is 35.5. The number of carboxylic acid groups (broad SMARTS) is 4. The summed E-state index contributed by atoms with van der Waals surface area (Å²) in [5.41, 5.74) is -5.33. The third kappa shape index (κ3) is 3.93. The van der Waals surface area contributed by atoms with Crippen molar-refractivity contribution >= 4 is 42.1 Å². The van der Waals surface area contributed by atoms with E-state index in [0.717, 1.165) is 0 Å². The Hall–Kier alpha value is -3.72. The molecule has 0 amide bonds. The summed E-state index contributed by atoms with van der Waals surface area (Å²) in [6.07, 6.45) is 0. The van der Waals surface area contributed by atoms with Crippen LogP contribution >= 0.6 is 12.4 Å².